The maximum Gasteiger partial charge on any atom is 0.264 e. The molecule has 0 aliphatic carbocycles. The summed E-state index contributed by atoms with van der Waals surface area (Å²) in [6.45, 7) is 1.07. The Labute approximate surface area is 231 Å². The van der Waals surface area contributed by atoms with Crippen LogP contribution >= 0.6 is 11.6 Å². The van der Waals surface area contributed by atoms with Crippen LogP contribution in [0.25, 0.3) is 0 Å². The smallest absolute Gasteiger partial charge is 0.264 e. The topological polar surface area (TPSA) is 113 Å². The lowest BCUT2D eigenvalue weighted by atomic mass is 10.2. The Bertz CT molecular complexity index is 1700. The van der Waals surface area contributed by atoms with Gasteiger partial charge in [-0.1, -0.05) is 35.9 Å². The summed E-state index contributed by atoms with van der Waals surface area (Å²) in [5.74, 6) is -1.25. The first-order valence-electron chi connectivity index (χ1n) is 11.5. The number of sulfonamides is 2. The first-order chi connectivity index (χ1) is 18.5. The van der Waals surface area contributed by atoms with Crippen LogP contribution in [-0.2, 0) is 24.8 Å². The second-order valence-electron chi connectivity index (χ2n) is 8.39. The number of amides is 1. The van der Waals surface area contributed by atoms with Crippen molar-refractivity contribution in [2.24, 2.45) is 0 Å². The monoisotopic (exact) mass is 587 g/mol. The van der Waals surface area contributed by atoms with Crippen LogP contribution in [0.4, 0.5) is 21.5 Å². The Hall–Kier alpha value is -3.93. The highest BCUT2D eigenvalue weighted by Gasteiger charge is 2.27. The minimum atomic E-state index is -4.16. The number of carbonyl (C=O) groups excluding carboxylic acids is 1. The zero-order chi connectivity index (χ0) is 28.2. The van der Waals surface area contributed by atoms with Gasteiger partial charge in [-0.15, -0.1) is 0 Å². The molecule has 0 bridgehead atoms. The number of nitrogens with zero attached hydrogens (tertiary/aromatic N) is 1. The molecule has 1 amide bonds. The maximum atomic E-state index is 13.5. The fourth-order valence-corrected chi connectivity index (χ4v) is 6.35. The van der Waals surface area contributed by atoms with Crippen molar-refractivity contribution in [2.75, 3.05) is 20.9 Å². The van der Waals surface area contributed by atoms with Gasteiger partial charge in [0.15, 0.2) is 0 Å². The van der Waals surface area contributed by atoms with Crippen LogP contribution in [0.15, 0.2) is 107 Å². The summed E-state index contributed by atoms with van der Waals surface area (Å²) in [5.41, 5.74) is 1.25. The molecule has 4 aromatic carbocycles. The molecule has 39 heavy (non-hydrogen) atoms. The van der Waals surface area contributed by atoms with Crippen LogP contribution in [-0.4, -0.2) is 29.3 Å². The molecule has 0 saturated heterocycles. The van der Waals surface area contributed by atoms with Gasteiger partial charge in [-0.25, -0.2) is 21.2 Å². The lowest BCUT2D eigenvalue weighted by Crippen LogP contribution is -2.38. The van der Waals surface area contributed by atoms with Crippen LogP contribution in [0.3, 0.4) is 0 Å². The van der Waals surface area contributed by atoms with E-state index in [2.05, 4.69) is 10.0 Å². The van der Waals surface area contributed by atoms with Crippen molar-refractivity contribution in [3.8, 4) is 0 Å². The molecular formula is C27H23ClFN3O5S2. The third-order valence-corrected chi connectivity index (χ3v) is 9.27. The molecule has 4 rings (SSSR count). The second-order valence-corrected chi connectivity index (χ2v) is 12.3. The van der Waals surface area contributed by atoms with Gasteiger partial charge in [-0.2, -0.15) is 0 Å². The number of halogens is 2. The Morgan fingerprint density at radius 3 is 2.10 bits per heavy atom. The van der Waals surface area contributed by atoms with Gasteiger partial charge in [0.1, 0.15) is 12.4 Å². The van der Waals surface area contributed by atoms with Crippen molar-refractivity contribution >= 4 is 54.6 Å². The fraction of sp³-hybridized carbons (Fsp3) is 0.0741. The van der Waals surface area contributed by atoms with E-state index in [9.17, 15) is 26.0 Å². The average Bonchev–Trinajstić information content (AvgIpc) is 2.91. The van der Waals surface area contributed by atoms with Crippen LogP contribution < -0.4 is 14.3 Å². The number of hydrogen-bond acceptors (Lipinski definition) is 5. The van der Waals surface area contributed by atoms with E-state index in [1.54, 1.807) is 43.3 Å². The zero-order valence-electron chi connectivity index (χ0n) is 20.5. The van der Waals surface area contributed by atoms with Crippen LogP contribution in [0.2, 0.25) is 5.02 Å². The molecule has 0 heterocycles. The van der Waals surface area contributed by atoms with Gasteiger partial charge in [0.2, 0.25) is 5.91 Å². The molecule has 0 unspecified atom stereocenters. The van der Waals surface area contributed by atoms with Gasteiger partial charge >= 0.3 is 0 Å². The maximum absolute atomic E-state index is 13.5. The molecule has 2 N–H and O–H groups in total. The summed E-state index contributed by atoms with van der Waals surface area (Å²) in [6, 6.07) is 22.5. The van der Waals surface area contributed by atoms with Gasteiger partial charge in [0.05, 0.1) is 21.2 Å². The van der Waals surface area contributed by atoms with E-state index < -0.39 is 38.3 Å². The average molecular weight is 588 g/mol. The summed E-state index contributed by atoms with van der Waals surface area (Å²) in [5, 5.41) is 2.98. The number of benzene rings is 4. The molecule has 0 saturated carbocycles. The number of carbonyl (C=O) groups is 1. The highest BCUT2D eigenvalue weighted by Crippen LogP contribution is 2.27. The predicted molar refractivity (Wildman–Crippen MR) is 149 cm³/mol. The molecule has 4 aromatic rings. The van der Waals surface area contributed by atoms with E-state index in [1.807, 2.05) is 0 Å². The van der Waals surface area contributed by atoms with E-state index in [1.165, 1.54) is 48.5 Å². The molecule has 0 spiro atoms. The van der Waals surface area contributed by atoms with Gasteiger partial charge < -0.3 is 5.32 Å². The lowest BCUT2D eigenvalue weighted by molar-refractivity contribution is -0.114. The Kier molecular flexibility index (Phi) is 8.24. The van der Waals surface area contributed by atoms with Gasteiger partial charge in [-0.3, -0.25) is 13.8 Å². The number of nitrogens with one attached hydrogen (secondary N) is 2. The molecule has 0 radical (unpaired) electrons. The van der Waals surface area contributed by atoms with E-state index in [-0.39, 0.29) is 21.2 Å². The highest BCUT2D eigenvalue weighted by atomic mass is 35.5. The number of hydrogen-bond donors (Lipinski definition) is 2. The standard InChI is InChI=1S/C27H23ClFN3O5S2/c1-19-25(28)8-5-9-26(19)31-38(34,35)23-16-12-21(13-17-23)30-27(33)18-32(22-14-10-20(29)11-15-22)39(36,37)24-6-3-2-4-7-24/h2-17,31H,18H2,1H3,(H,30,33). The summed E-state index contributed by atoms with van der Waals surface area (Å²) < 4.78 is 69.2. The Morgan fingerprint density at radius 2 is 1.46 bits per heavy atom. The third kappa shape index (κ3) is 6.56. The third-order valence-electron chi connectivity index (χ3n) is 5.69. The van der Waals surface area contributed by atoms with Crippen molar-refractivity contribution < 1.29 is 26.0 Å². The summed E-state index contributed by atoms with van der Waals surface area (Å²) >= 11 is 6.07. The molecule has 0 aliphatic rings. The summed E-state index contributed by atoms with van der Waals surface area (Å²) in [4.78, 5) is 12.8. The normalized spacial score (nSPS) is 11.6. The largest absolute Gasteiger partial charge is 0.325 e. The quantitative estimate of drug-likeness (QED) is 0.271. The van der Waals surface area contributed by atoms with Crippen molar-refractivity contribution in [3.05, 3.63) is 113 Å². The molecule has 0 atom stereocenters. The Balaban J connectivity index is 1.52. The van der Waals surface area contributed by atoms with Crippen LogP contribution in [0.5, 0.6) is 0 Å². The second kappa shape index (κ2) is 11.4. The molecule has 0 aliphatic heterocycles. The van der Waals surface area contributed by atoms with Crippen molar-refractivity contribution in [1.82, 2.24) is 0 Å². The summed E-state index contributed by atoms with van der Waals surface area (Å²) in [6.07, 6.45) is 0. The molecule has 202 valence electrons. The molecule has 12 heteroatoms. The number of rotatable bonds is 9. The number of anilines is 3. The minimum absolute atomic E-state index is 0.0425. The zero-order valence-corrected chi connectivity index (χ0v) is 22.9. The van der Waals surface area contributed by atoms with Crippen molar-refractivity contribution in [3.63, 3.8) is 0 Å². The first kappa shape index (κ1) is 28.1. The molecule has 0 aromatic heterocycles. The van der Waals surface area contributed by atoms with E-state index >= 15 is 0 Å². The minimum Gasteiger partial charge on any atom is -0.325 e. The lowest BCUT2D eigenvalue weighted by Gasteiger charge is -2.24. The van der Waals surface area contributed by atoms with E-state index in [0.717, 1.165) is 16.4 Å². The first-order valence-corrected chi connectivity index (χ1v) is 14.8. The molecule has 8 nitrogen and oxygen atoms in total. The van der Waals surface area contributed by atoms with Gasteiger partial charge in [-0.05, 0) is 85.3 Å². The SMILES string of the molecule is Cc1c(Cl)cccc1NS(=O)(=O)c1ccc(NC(=O)CN(c2ccc(F)cc2)S(=O)(=O)c2ccccc2)cc1. The highest BCUT2D eigenvalue weighted by molar-refractivity contribution is 7.93. The molecule has 0 fully saturated rings. The van der Waals surface area contributed by atoms with Crippen LogP contribution in [0, 0.1) is 12.7 Å². The predicted octanol–water partition coefficient (Wildman–Crippen LogP) is 5.42. The van der Waals surface area contributed by atoms with Crippen molar-refractivity contribution in [2.45, 2.75) is 16.7 Å². The van der Waals surface area contributed by atoms with Crippen molar-refractivity contribution in [1.29, 1.82) is 0 Å². The van der Waals surface area contributed by atoms with E-state index in [0.29, 0.717) is 16.3 Å². The molecular weight excluding hydrogens is 565 g/mol. The summed E-state index contributed by atoms with van der Waals surface area (Å²) in [7, 11) is -8.11. The van der Waals surface area contributed by atoms with E-state index in [4.69, 9.17) is 11.6 Å². The fourth-order valence-electron chi connectivity index (χ4n) is 3.61. The van der Waals surface area contributed by atoms with Gasteiger partial charge in [0.25, 0.3) is 20.0 Å². The Morgan fingerprint density at radius 1 is 0.821 bits per heavy atom. The van der Waals surface area contributed by atoms with Gasteiger partial charge in [0, 0.05) is 10.7 Å². The van der Waals surface area contributed by atoms with Crippen LogP contribution in [0.1, 0.15) is 5.56 Å².